The van der Waals surface area contributed by atoms with Crippen LogP contribution in [-0.2, 0) is 0 Å². The molecule has 1 heterocycles. The Morgan fingerprint density at radius 2 is 1.81 bits per heavy atom. The van der Waals surface area contributed by atoms with Gasteiger partial charge in [-0.15, -0.1) is 11.3 Å². The second-order valence-corrected chi connectivity index (χ2v) is 4.75. The van der Waals surface area contributed by atoms with Crippen LogP contribution in [0.25, 0.3) is 0 Å². The van der Waals surface area contributed by atoms with Crippen LogP contribution in [0.4, 0.5) is 10.9 Å². The van der Waals surface area contributed by atoms with Gasteiger partial charge in [-0.1, -0.05) is 0 Å². The Labute approximate surface area is 126 Å². The van der Waals surface area contributed by atoms with Crippen molar-refractivity contribution in [2.75, 3.05) is 32.5 Å². The molecule has 0 bridgehead atoms. The number of hydrazone groups is 1. The molecule has 21 heavy (non-hydrogen) atoms. The zero-order valence-corrected chi connectivity index (χ0v) is 12.7. The molecule has 3 N–H and O–H groups in total. The summed E-state index contributed by atoms with van der Waals surface area (Å²) in [5.74, 6) is 2.27. The fraction of sp³-hybridized carbons (Fsp3) is 0.231. The topological polar surface area (TPSA) is 91.0 Å². The average molecular weight is 308 g/mol. The predicted octanol–water partition coefficient (Wildman–Crippen LogP) is 2.20. The molecule has 7 nitrogen and oxygen atoms in total. The number of benzene rings is 1. The van der Waals surface area contributed by atoms with Crippen LogP contribution in [0, 0.1) is 0 Å². The number of methoxy groups -OCH3 is 3. The lowest BCUT2D eigenvalue weighted by Gasteiger charge is -2.11. The van der Waals surface area contributed by atoms with E-state index < -0.39 is 0 Å². The van der Waals surface area contributed by atoms with Gasteiger partial charge < -0.3 is 19.9 Å². The molecule has 0 radical (unpaired) electrons. The van der Waals surface area contributed by atoms with Gasteiger partial charge in [0.05, 0.1) is 27.5 Å². The monoisotopic (exact) mass is 308 g/mol. The van der Waals surface area contributed by atoms with E-state index in [0.717, 1.165) is 5.56 Å². The van der Waals surface area contributed by atoms with E-state index in [1.54, 1.807) is 45.1 Å². The van der Waals surface area contributed by atoms with Crippen LogP contribution in [0.15, 0.2) is 22.6 Å². The maximum atomic E-state index is 5.53. The van der Waals surface area contributed by atoms with Crippen LogP contribution in [-0.4, -0.2) is 32.5 Å². The zero-order valence-electron chi connectivity index (χ0n) is 11.9. The molecule has 0 aliphatic heterocycles. The first kappa shape index (κ1) is 14.9. The van der Waals surface area contributed by atoms with Gasteiger partial charge in [0.15, 0.2) is 11.5 Å². The Hall–Kier alpha value is -2.48. The van der Waals surface area contributed by atoms with Crippen molar-refractivity contribution < 1.29 is 14.2 Å². The number of hydrogen-bond donors (Lipinski definition) is 2. The minimum Gasteiger partial charge on any atom is -0.496 e. The lowest BCUT2D eigenvalue weighted by molar-refractivity contribution is 0.349. The summed E-state index contributed by atoms with van der Waals surface area (Å²) in [6.45, 7) is 0. The van der Waals surface area contributed by atoms with E-state index in [4.69, 9.17) is 19.9 Å². The number of nitrogens with two attached hydrogens (primary N) is 1. The van der Waals surface area contributed by atoms with Crippen molar-refractivity contribution >= 4 is 28.5 Å². The van der Waals surface area contributed by atoms with Crippen LogP contribution in [0.2, 0.25) is 0 Å². The molecule has 1 aromatic heterocycles. The summed E-state index contributed by atoms with van der Waals surface area (Å²) in [6.07, 6.45) is 1.61. The van der Waals surface area contributed by atoms with E-state index in [1.165, 1.54) is 11.3 Å². The SMILES string of the molecule is COc1cc(OC)c(OC)cc1C=NNc1nc(N)cs1. The van der Waals surface area contributed by atoms with Gasteiger partial charge in [-0.25, -0.2) is 4.98 Å². The van der Waals surface area contributed by atoms with Crippen molar-refractivity contribution in [3.8, 4) is 17.2 Å². The number of nitrogen functional groups attached to an aromatic ring is 1. The summed E-state index contributed by atoms with van der Waals surface area (Å²) in [5.41, 5.74) is 9.08. The van der Waals surface area contributed by atoms with Crippen LogP contribution >= 0.6 is 11.3 Å². The maximum Gasteiger partial charge on any atom is 0.205 e. The van der Waals surface area contributed by atoms with Gasteiger partial charge in [-0.3, -0.25) is 5.43 Å². The minimum absolute atomic E-state index is 0.460. The normalized spacial score (nSPS) is 10.6. The van der Waals surface area contributed by atoms with E-state index in [-0.39, 0.29) is 0 Å². The molecule has 1 aromatic carbocycles. The molecule has 0 saturated heterocycles. The average Bonchev–Trinajstić information content (AvgIpc) is 2.92. The molecular weight excluding hydrogens is 292 g/mol. The van der Waals surface area contributed by atoms with Gasteiger partial charge in [0.2, 0.25) is 5.13 Å². The molecule has 2 rings (SSSR count). The molecule has 0 fully saturated rings. The summed E-state index contributed by atoms with van der Waals surface area (Å²) in [6, 6.07) is 3.51. The number of hydrogen-bond acceptors (Lipinski definition) is 8. The second-order valence-electron chi connectivity index (χ2n) is 3.90. The van der Waals surface area contributed by atoms with Crippen molar-refractivity contribution in [3.05, 3.63) is 23.1 Å². The van der Waals surface area contributed by atoms with Crippen molar-refractivity contribution in [3.63, 3.8) is 0 Å². The van der Waals surface area contributed by atoms with Gasteiger partial charge in [0.1, 0.15) is 11.6 Å². The van der Waals surface area contributed by atoms with Crippen molar-refractivity contribution in [2.24, 2.45) is 5.10 Å². The molecule has 2 aromatic rings. The molecule has 0 amide bonds. The Balaban J connectivity index is 2.21. The summed E-state index contributed by atoms with van der Waals surface area (Å²) in [4.78, 5) is 4.04. The molecule has 0 atom stereocenters. The highest BCUT2D eigenvalue weighted by Crippen LogP contribution is 2.33. The first-order valence-corrected chi connectivity index (χ1v) is 6.86. The third-order valence-corrected chi connectivity index (χ3v) is 3.39. The van der Waals surface area contributed by atoms with E-state index in [2.05, 4.69) is 15.5 Å². The quantitative estimate of drug-likeness (QED) is 0.628. The fourth-order valence-corrected chi connectivity index (χ4v) is 2.20. The van der Waals surface area contributed by atoms with Crippen LogP contribution in [0.5, 0.6) is 17.2 Å². The van der Waals surface area contributed by atoms with Crippen molar-refractivity contribution in [1.29, 1.82) is 0 Å². The van der Waals surface area contributed by atoms with Crippen LogP contribution in [0.3, 0.4) is 0 Å². The third kappa shape index (κ3) is 3.54. The third-order valence-electron chi connectivity index (χ3n) is 2.62. The molecule has 0 spiro atoms. The molecule has 0 aliphatic rings. The molecular formula is C13H16N4O3S. The van der Waals surface area contributed by atoms with Gasteiger partial charge in [0.25, 0.3) is 0 Å². The number of anilines is 2. The van der Waals surface area contributed by atoms with Crippen LogP contribution < -0.4 is 25.4 Å². The van der Waals surface area contributed by atoms with Gasteiger partial charge in [-0.2, -0.15) is 5.10 Å². The maximum absolute atomic E-state index is 5.53. The van der Waals surface area contributed by atoms with E-state index >= 15 is 0 Å². The van der Waals surface area contributed by atoms with E-state index in [9.17, 15) is 0 Å². The van der Waals surface area contributed by atoms with Gasteiger partial charge in [0, 0.05) is 17.0 Å². The first-order chi connectivity index (χ1) is 10.2. The Morgan fingerprint density at radius 3 is 2.38 bits per heavy atom. The minimum atomic E-state index is 0.460. The highest BCUT2D eigenvalue weighted by Gasteiger charge is 2.10. The Morgan fingerprint density at radius 1 is 1.14 bits per heavy atom. The molecule has 0 aliphatic carbocycles. The number of rotatable bonds is 6. The summed E-state index contributed by atoms with van der Waals surface area (Å²) in [5, 5.41) is 6.45. The van der Waals surface area contributed by atoms with E-state index in [1.807, 2.05) is 0 Å². The number of nitrogens with zero attached hydrogens (tertiary/aromatic N) is 2. The Bertz CT molecular complexity index is 642. The van der Waals surface area contributed by atoms with Gasteiger partial charge >= 0.3 is 0 Å². The molecule has 112 valence electrons. The lowest BCUT2D eigenvalue weighted by atomic mass is 10.2. The Kier molecular flexibility index (Phi) is 4.83. The fourth-order valence-electron chi connectivity index (χ4n) is 1.65. The molecule has 0 unspecified atom stereocenters. The first-order valence-electron chi connectivity index (χ1n) is 5.98. The summed E-state index contributed by atoms with van der Waals surface area (Å²) < 4.78 is 15.8. The predicted molar refractivity (Wildman–Crippen MR) is 83.8 cm³/mol. The van der Waals surface area contributed by atoms with Crippen molar-refractivity contribution in [2.45, 2.75) is 0 Å². The number of ether oxygens (including phenoxy) is 3. The highest BCUT2D eigenvalue weighted by atomic mass is 32.1. The number of aromatic nitrogens is 1. The summed E-state index contributed by atoms with van der Waals surface area (Å²) >= 11 is 1.37. The molecule has 8 heteroatoms. The largest absolute Gasteiger partial charge is 0.496 e. The lowest BCUT2D eigenvalue weighted by Crippen LogP contribution is -1.98. The molecule has 0 saturated carbocycles. The van der Waals surface area contributed by atoms with Gasteiger partial charge in [-0.05, 0) is 6.07 Å². The zero-order chi connectivity index (χ0) is 15.2. The smallest absolute Gasteiger partial charge is 0.205 e. The second kappa shape index (κ2) is 6.80. The van der Waals surface area contributed by atoms with Crippen molar-refractivity contribution in [1.82, 2.24) is 4.98 Å². The summed E-state index contributed by atoms with van der Waals surface area (Å²) in [7, 11) is 4.72. The van der Waals surface area contributed by atoms with Crippen LogP contribution in [0.1, 0.15) is 5.56 Å². The number of nitrogens with one attached hydrogen (secondary N) is 1. The van der Waals surface area contributed by atoms with E-state index in [0.29, 0.717) is 28.2 Å². The standard InChI is InChI=1S/C13H16N4O3S/c1-18-9-5-11(20-3)10(19-2)4-8(9)6-15-17-13-16-12(14)7-21-13/h4-7H,14H2,1-3H3,(H,16,17). The number of thiazole rings is 1. The highest BCUT2D eigenvalue weighted by molar-refractivity contribution is 7.14.